The molecule has 7 nitrogen and oxygen atoms in total. The molecule has 0 spiro atoms. The zero-order valence-electron chi connectivity index (χ0n) is 15.2. The molecule has 1 fully saturated rings. The Morgan fingerprint density at radius 2 is 1.77 bits per heavy atom. The predicted octanol–water partition coefficient (Wildman–Crippen LogP) is 1.76. The highest BCUT2D eigenvalue weighted by Crippen LogP contribution is 2.17. The molecule has 1 saturated heterocycles. The normalized spacial score (nSPS) is 14.3. The Morgan fingerprint density at radius 3 is 2.46 bits per heavy atom. The molecule has 1 heterocycles. The lowest BCUT2D eigenvalue weighted by atomic mass is 10.2. The fraction of sp³-hybridized carbons (Fsp3) is 0.526. The minimum absolute atomic E-state index is 0.187. The SMILES string of the molecule is CCOc1ccccc1C(=O)NCC(=O)OCC(=O)N1CCCCCC1. The van der Waals surface area contributed by atoms with Crippen molar-refractivity contribution >= 4 is 17.8 Å². The van der Waals surface area contributed by atoms with Crippen LogP contribution in [-0.4, -0.2) is 55.5 Å². The number of ether oxygens (including phenoxy) is 2. The van der Waals surface area contributed by atoms with Crippen LogP contribution >= 0.6 is 0 Å². The van der Waals surface area contributed by atoms with E-state index in [9.17, 15) is 14.4 Å². The van der Waals surface area contributed by atoms with E-state index < -0.39 is 11.9 Å². The Hall–Kier alpha value is -2.57. The van der Waals surface area contributed by atoms with E-state index in [0.717, 1.165) is 25.7 Å². The number of para-hydroxylation sites is 1. The van der Waals surface area contributed by atoms with Crippen LogP contribution in [0.4, 0.5) is 0 Å². The molecule has 1 aromatic rings. The third-order valence-electron chi connectivity index (χ3n) is 4.14. The van der Waals surface area contributed by atoms with E-state index in [1.54, 1.807) is 29.2 Å². The first-order valence-corrected chi connectivity index (χ1v) is 9.05. The summed E-state index contributed by atoms with van der Waals surface area (Å²) in [6.45, 7) is 3.10. The van der Waals surface area contributed by atoms with Gasteiger partial charge < -0.3 is 19.7 Å². The summed E-state index contributed by atoms with van der Waals surface area (Å²) >= 11 is 0. The number of amides is 2. The summed E-state index contributed by atoms with van der Waals surface area (Å²) in [6.07, 6.45) is 4.21. The molecule has 0 aromatic heterocycles. The highest BCUT2D eigenvalue weighted by Gasteiger charge is 2.18. The number of hydrogen-bond donors (Lipinski definition) is 1. The van der Waals surface area contributed by atoms with Gasteiger partial charge in [-0.15, -0.1) is 0 Å². The average Bonchev–Trinajstić information content (AvgIpc) is 2.94. The van der Waals surface area contributed by atoms with Gasteiger partial charge in [0, 0.05) is 13.1 Å². The van der Waals surface area contributed by atoms with Crippen molar-refractivity contribution in [3.8, 4) is 5.75 Å². The lowest BCUT2D eigenvalue weighted by molar-refractivity contribution is -0.151. The molecule has 0 radical (unpaired) electrons. The maximum absolute atomic E-state index is 12.2. The molecule has 0 aliphatic carbocycles. The van der Waals surface area contributed by atoms with Crippen molar-refractivity contribution in [1.29, 1.82) is 0 Å². The molecule has 0 atom stereocenters. The largest absolute Gasteiger partial charge is 0.493 e. The molecule has 1 N–H and O–H groups in total. The van der Waals surface area contributed by atoms with E-state index in [1.807, 2.05) is 6.92 Å². The highest BCUT2D eigenvalue weighted by atomic mass is 16.5. The monoisotopic (exact) mass is 362 g/mol. The van der Waals surface area contributed by atoms with Crippen molar-refractivity contribution in [1.82, 2.24) is 10.2 Å². The van der Waals surface area contributed by atoms with Gasteiger partial charge in [-0.2, -0.15) is 0 Å². The minimum atomic E-state index is -0.643. The first-order chi connectivity index (χ1) is 12.6. The number of likely N-dealkylation sites (tertiary alicyclic amines) is 1. The molecule has 142 valence electrons. The van der Waals surface area contributed by atoms with Crippen LogP contribution in [0.1, 0.15) is 43.0 Å². The summed E-state index contributed by atoms with van der Waals surface area (Å²) in [6, 6.07) is 6.80. The smallest absolute Gasteiger partial charge is 0.325 e. The molecule has 2 rings (SSSR count). The van der Waals surface area contributed by atoms with Gasteiger partial charge in [-0.1, -0.05) is 25.0 Å². The van der Waals surface area contributed by atoms with Gasteiger partial charge in [0.2, 0.25) is 0 Å². The van der Waals surface area contributed by atoms with Crippen LogP contribution in [0, 0.1) is 0 Å². The molecule has 1 aliphatic rings. The average molecular weight is 362 g/mol. The standard InChI is InChI=1S/C19H26N2O5/c1-2-25-16-10-6-5-9-15(16)19(24)20-13-18(23)26-14-17(22)21-11-7-3-4-8-12-21/h5-6,9-10H,2-4,7-8,11-14H2,1H3,(H,20,24). The fourth-order valence-corrected chi connectivity index (χ4v) is 2.79. The van der Waals surface area contributed by atoms with Crippen molar-refractivity contribution in [3.05, 3.63) is 29.8 Å². The number of carbonyl (C=O) groups excluding carboxylic acids is 3. The zero-order valence-corrected chi connectivity index (χ0v) is 15.2. The Labute approximate surface area is 153 Å². The second kappa shape index (κ2) is 10.4. The predicted molar refractivity (Wildman–Crippen MR) is 96.0 cm³/mol. The van der Waals surface area contributed by atoms with Crippen molar-refractivity contribution < 1.29 is 23.9 Å². The van der Waals surface area contributed by atoms with Crippen LogP contribution < -0.4 is 10.1 Å². The Kier molecular flexibility index (Phi) is 7.92. The number of rotatable bonds is 7. The number of hydrogen-bond acceptors (Lipinski definition) is 5. The van der Waals surface area contributed by atoms with Crippen molar-refractivity contribution in [2.75, 3.05) is 32.8 Å². The van der Waals surface area contributed by atoms with Gasteiger partial charge in [-0.3, -0.25) is 14.4 Å². The van der Waals surface area contributed by atoms with E-state index in [4.69, 9.17) is 9.47 Å². The summed E-state index contributed by atoms with van der Waals surface area (Å²) in [5, 5.41) is 2.49. The van der Waals surface area contributed by atoms with E-state index in [0.29, 0.717) is 31.0 Å². The summed E-state index contributed by atoms with van der Waals surface area (Å²) in [4.78, 5) is 37.8. The van der Waals surface area contributed by atoms with E-state index >= 15 is 0 Å². The molecule has 2 amide bonds. The van der Waals surface area contributed by atoms with Crippen LogP contribution in [0.2, 0.25) is 0 Å². The summed E-state index contributed by atoms with van der Waals surface area (Å²) in [5.41, 5.74) is 0.350. The molecular weight excluding hydrogens is 336 g/mol. The van der Waals surface area contributed by atoms with E-state index in [2.05, 4.69) is 5.32 Å². The van der Waals surface area contributed by atoms with Crippen LogP contribution in [0.5, 0.6) is 5.75 Å². The third-order valence-corrected chi connectivity index (χ3v) is 4.14. The van der Waals surface area contributed by atoms with E-state index in [-0.39, 0.29) is 19.1 Å². The van der Waals surface area contributed by atoms with Crippen LogP contribution in [-0.2, 0) is 14.3 Å². The highest BCUT2D eigenvalue weighted by molar-refractivity contribution is 5.98. The van der Waals surface area contributed by atoms with Crippen LogP contribution in [0.25, 0.3) is 0 Å². The van der Waals surface area contributed by atoms with Crippen molar-refractivity contribution in [2.24, 2.45) is 0 Å². The second-order valence-electron chi connectivity index (χ2n) is 6.07. The maximum Gasteiger partial charge on any atom is 0.325 e. The molecule has 0 bridgehead atoms. The minimum Gasteiger partial charge on any atom is -0.493 e. The molecule has 1 aliphatic heterocycles. The second-order valence-corrected chi connectivity index (χ2v) is 6.07. The van der Waals surface area contributed by atoms with Gasteiger partial charge in [-0.05, 0) is 31.9 Å². The summed E-state index contributed by atoms with van der Waals surface area (Å²) in [7, 11) is 0. The van der Waals surface area contributed by atoms with Gasteiger partial charge in [0.15, 0.2) is 6.61 Å². The molecule has 0 saturated carbocycles. The third kappa shape index (κ3) is 6.06. The number of esters is 1. The van der Waals surface area contributed by atoms with Crippen LogP contribution in [0.3, 0.4) is 0 Å². The molecule has 0 unspecified atom stereocenters. The number of benzene rings is 1. The topological polar surface area (TPSA) is 84.9 Å². The first kappa shape index (κ1) is 19.8. The van der Waals surface area contributed by atoms with Gasteiger partial charge in [0.25, 0.3) is 11.8 Å². The van der Waals surface area contributed by atoms with Crippen molar-refractivity contribution in [3.63, 3.8) is 0 Å². The molecule has 1 aromatic carbocycles. The maximum atomic E-state index is 12.2. The van der Waals surface area contributed by atoms with E-state index in [1.165, 1.54) is 0 Å². The lowest BCUT2D eigenvalue weighted by Gasteiger charge is -2.19. The number of carbonyl (C=O) groups is 3. The molecule has 26 heavy (non-hydrogen) atoms. The fourth-order valence-electron chi connectivity index (χ4n) is 2.79. The number of nitrogens with one attached hydrogen (secondary N) is 1. The summed E-state index contributed by atoms with van der Waals surface area (Å²) in [5.74, 6) is -0.800. The Morgan fingerprint density at radius 1 is 1.08 bits per heavy atom. The van der Waals surface area contributed by atoms with Crippen molar-refractivity contribution in [2.45, 2.75) is 32.6 Å². The Bertz CT molecular complexity index is 624. The first-order valence-electron chi connectivity index (χ1n) is 9.05. The summed E-state index contributed by atoms with van der Waals surface area (Å²) < 4.78 is 10.4. The number of nitrogens with zero attached hydrogens (tertiary/aromatic N) is 1. The van der Waals surface area contributed by atoms with Gasteiger partial charge in [-0.25, -0.2) is 0 Å². The van der Waals surface area contributed by atoms with Gasteiger partial charge in [0.05, 0.1) is 12.2 Å². The molecule has 7 heteroatoms. The van der Waals surface area contributed by atoms with Gasteiger partial charge in [0.1, 0.15) is 12.3 Å². The van der Waals surface area contributed by atoms with Gasteiger partial charge >= 0.3 is 5.97 Å². The quantitative estimate of drug-likeness (QED) is 0.747. The van der Waals surface area contributed by atoms with Crippen LogP contribution in [0.15, 0.2) is 24.3 Å². The zero-order chi connectivity index (χ0) is 18.8. The Balaban J connectivity index is 1.76. The molecular formula is C19H26N2O5. The lowest BCUT2D eigenvalue weighted by Crippen LogP contribution is -2.37.